The zero-order valence-electron chi connectivity index (χ0n) is 7.38. The van der Waals surface area contributed by atoms with Crippen LogP contribution in [0.1, 0.15) is 0 Å². The van der Waals surface area contributed by atoms with Gasteiger partial charge in [0.2, 0.25) is 0 Å². The fourth-order valence-electron chi connectivity index (χ4n) is 0.993. The first-order chi connectivity index (χ1) is 6.79. The van der Waals surface area contributed by atoms with Gasteiger partial charge >= 0.3 is 0 Å². The molecule has 2 heterocycles. The topological polar surface area (TPSA) is 43.6 Å². The molecule has 0 saturated heterocycles. The van der Waals surface area contributed by atoms with Gasteiger partial charge in [-0.1, -0.05) is 0 Å². The maximum Gasteiger partial charge on any atom is 0.157 e. The minimum Gasteiger partial charge on any atom is -0.230 e. The predicted octanol–water partition coefficient (Wildman–Crippen LogP) is 2.15. The summed E-state index contributed by atoms with van der Waals surface area (Å²) >= 11 is 4.91. The molecule has 0 atom stereocenters. The Bertz CT molecular complexity index is 442. The summed E-state index contributed by atoms with van der Waals surface area (Å²) in [6.07, 6.45) is 7.09. The van der Waals surface area contributed by atoms with Crippen molar-refractivity contribution < 1.29 is 0 Å². The molecule has 0 bridgehead atoms. The number of halogens is 1. The van der Waals surface area contributed by atoms with Crippen molar-refractivity contribution in [3.63, 3.8) is 0 Å². The lowest BCUT2D eigenvalue weighted by Crippen LogP contribution is -1.98. The molecule has 0 aliphatic rings. The summed E-state index contributed by atoms with van der Waals surface area (Å²) in [7, 11) is 0. The van der Waals surface area contributed by atoms with Gasteiger partial charge in [-0.15, -0.1) is 11.8 Å². The molecule has 0 spiro atoms. The summed E-state index contributed by atoms with van der Waals surface area (Å²) in [6.45, 7) is 0. The number of hydrogen-bond acceptors (Lipinski definition) is 4. The van der Waals surface area contributed by atoms with Crippen LogP contribution in [0.4, 0.5) is 0 Å². The molecule has 14 heavy (non-hydrogen) atoms. The van der Waals surface area contributed by atoms with E-state index in [2.05, 4.69) is 31.0 Å². The van der Waals surface area contributed by atoms with Crippen LogP contribution < -0.4 is 0 Å². The molecular formula is C8H7BrN4S. The molecule has 0 fully saturated rings. The SMILES string of the molecule is CSc1cc(-n2cc(Br)cn2)ncn1. The van der Waals surface area contributed by atoms with Gasteiger partial charge < -0.3 is 0 Å². The molecule has 2 aromatic rings. The van der Waals surface area contributed by atoms with Crippen molar-refractivity contribution in [1.82, 2.24) is 19.7 Å². The molecule has 6 heteroatoms. The predicted molar refractivity (Wildman–Crippen MR) is 58.6 cm³/mol. The lowest BCUT2D eigenvalue weighted by molar-refractivity contribution is 0.827. The smallest absolute Gasteiger partial charge is 0.157 e. The summed E-state index contributed by atoms with van der Waals surface area (Å²) in [6, 6.07) is 1.89. The molecule has 0 aliphatic carbocycles. The third-order valence-electron chi connectivity index (χ3n) is 1.62. The molecule has 0 aromatic carbocycles. The van der Waals surface area contributed by atoms with E-state index in [0.717, 1.165) is 15.3 Å². The van der Waals surface area contributed by atoms with Crippen LogP contribution >= 0.6 is 27.7 Å². The molecule has 4 nitrogen and oxygen atoms in total. The Morgan fingerprint density at radius 2 is 2.29 bits per heavy atom. The van der Waals surface area contributed by atoms with E-state index in [0.29, 0.717) is 0 Å². The van der Waals surface area contributed by atoms with E-state index >= 15 is 0 Å². The minimum absolute atomic E-state index is 0.773. The largest absolute Gasteiger partial charge is 0.230 e. The highest BCUT2D eigenvalue weighted by atomic mass is 79.9. The number of aromatic nitrogens is 4. The van der Waals surface area contributed by atoms with Crippen molar-refractivity contribution in [2.45, 2.75) is 5.03 Å². The lowest BCUT2D eigenvalue weighted by atomic mass is 10.6. The van der Waals surface area contributed by atoms with E-state index in [1.807, 2.05) is 18.5 Å². The fourth-order valence-corrected chi connectivity index (χ4v) is 1.65. The van der Waals surface area contributed by atoms with Crippen LogP contribution in [-0.2, 0) is 0 Å². The highest BCUT2D eigenvalue weighted by Crippen LogP contribution is 2.14. The third kappa shape index (κ3) is 1.96. The number of nitrogens with zero attached hydrogens (tertiary/aromatic N) is 4. The van der Waals surface area contributed by atoms with Gasteiger partial charge in [-0.2, -0.15) is 5.10 Å². The summed E-state index contributed by atoms with van der Waals surface area (Å²) in [4.78, 5) is 8.22. The summed E-state index contributed by atoms with van der Waals surface area (Å²) < 4.78 is 2.63. The van der Waals surface area contributed by atoms with Crippen LogP contribution in [0.5, 0.6) is 0 Å². The normalized spacial score (nSPS) is 10.4. The van der Waals surface area contributed by atoms with Crippen molar-refractivity contribution in [3.05, 3.63) is 29.3 Å². The van der Waals surface area contributed by atoms with Crippen molar-refractivity contribution >= 4 is 27.7 Å². The third-order valence-corrected chi connectivity index (χ3v) is 2.67. The van der Waals surface area contributed by atoms with E-state index in [9.17, 15) is 0 Å². The monoisotopic (exact) mass is 270 g/mol. The Kier molecular flexibility index (Phi) is 2.83. The lowest BCUT2D eigenvalue weighted by Gasteiger charge is -2.00. The van der Waals surface area contributed by atoms with Gasteiger partial charge in [0.25, 0.3) is 0 Å². The molecule has 72 valence electrons. The van der Waals surface area contributed by atoms with Crippen LogP contribution in [0.15, 0.2) is 34.3 Å². The Labute approximate surface area is 93.9 Å². The summed E-state index contributed by atoms with van der Waals surface area (Å²) in [5, 5.41) is 5.06. The Morgan fingerprint density at radius 1 is 1.43 bits per heavy atom. The second kappa shape index (κ2) is 4.10. The van der Waals surface area contributed by atoms with Crippen LogP contribution in [0.3, 0.4) is 0 Å². The molecule has 0 radical (unpaired) electrons. The maximum absolute atomic E-state index is 4.13. The number of rotatable bonds is 2. The van der Waals surface area contributed by atoms with Crippen molar-refractivity contribution in [2.75, 3.05) is 6.26 Å². The van der Waals surface area contributed by atoms with E-state index in [1.54, 1.807) is 22.6 Å². The van der Waals surface area contributed by atoms with Gasteiger partial charge in [-0.05, 0) is 22.2 Å². The first kappa shape index (κ1) is 9.67. The van der Waals surface area contributed by atoms with E-state index in [1.165, 1.54) is 6.33 Å². The van der Waals surface area contributed by atoms with Crippen molar-refractivity contribution in [3.8, 4) is 5.82 Å². The quantitative estimate of drug-likeness (QED) is 0.620. The molecule has 0 saturated carbocycles. The van der Waals surface area contributed by atoms with Crippen LogP contribution in [0.25, 0.3) is 5.82 Å². The molecule has 2 rings (SSSR count). The van der Waals surface area contributed by atoms with E-state index in [-0.39, 0.29) is 0 Å². The number of thioether (sulfide) groups is 1. The van der Waals surface area contributed by atoms with Gasteiger partial charge in [-0.25, -0.2) is 14.6 Å². The number of hydrogen-bond donors (Lipinski definition) is 0. The average Bonchev–Trinajstić information content (AvgIpc) is 2.65. The second-order valence-electron chi connectivity index (χ2n) is 2.52. The first-order valence-corrected chi connectivity index (χ1v) is 5.88. The minimum atomic E-state index is 0.773. The maximum atomic E-state index is 4.13. The van der Waals surface area contributed by atoms with E-state index in [4.69, 9.17) is 0 Å². The molecule has 0 unspecified atom stereocenters. The van der Waals surface area contributed by atoms with Crippen LogP contribution in [-0.4, -0.2) is 26.0 Å². The van der Waals surface area contributed by atoms with Crippen molar-refractivity contribution in [2.24, 2.45) is 0 Å². The Morgan fingerprint density at radius 3 is 2.93 bits per heavy atom. The van der Waals surface area contributed by atoms with Gasteiger partial charge in [-0.3, -0.25) is 0 Å². The first-order valence-electron chi connectivity index (χ1n) is 3.86. The zero-order valence-corrected chi connectivity index (χ0v) is 9.79. The van der Waals surface area contributed by atoms with Gasteiger partial charge in [0, 0.05) is 12.3 Å². The molecular weight excluding hydrogens is 264 g/mol. The Balaban J connectivity index is 2.41. The van der Waals surface area contributed by atoms with E-state index < -0.39 is 0 Å². The second-order valence-corrected chi connectivity index (χ2v) is 4.26. The molecule has 2 aromatic heterocycles. The van der Waals surface area contributed by atoms with Gasteiger partial charge in [0.15, 0.2) is 5.82 Å². The fraction of sp³-hybridized carbons (Fsp3) is 0.125. The van der Waals surface area contributed by atoms with Crippen LogP contribution in [0.2, 0.25) is 0 Å². The Hall–Kier alpha value is -0.880. The molecule has 0 N–H and O–H groups in total. The van der Waals surface area contributed by atoms with Crippen LogP contribution in [0, 0.1) is 0 Å². The highest BCUT2D eigenvalue weighted by molar-refractivity contribution is 9.10. The standard InChI is InChI=1S/C8H7BrN4S/c1-14-8-2-7(10-5-11-8)13-4-6(9)3-12-13/h2-5H,1H3. The van der Waals surface area contributed by atoms with Gasteiger partial charge in [0.1, 0.15) is 11.4 Å². The average molecular weight is 271 g/mol. The van der Waals surface area contributed by atoms with Crippen molar-refractivity contribution in [1.29, 1.82) is 0 Å². The van der Waals surface area contributed by atoms with Gasteiger partial charge in [0.05, 0.1) is 10.7 Å². The summed E-state index contributed by atoms with van der Waals surface area (Å²) in [5.41, 5.74) is 0. The highest BCUT2D eigenvalue weighted by Gasteiger charge is 2.01. The molecule has 0 aliphatic heterocycles. The zero-order chi connectivity index (χ0) is 9.97. The summed E-state index contributed by atoms with van der Waals surface area (Å²) in [5.74, 6) is 0.773. The molecule has 0 amide bonds.